The van der Waals surface area contributed by atoms with Gasteiger partial charge in [-0.05, 0) is 50.0 Å². The van der Waals surface area contributed by atoms with Gasteiger partial charge in [-0.1, -0.05) is 75.8 Å². The first-order chi connectivity index (χ1) is 22.4. The summed E-state index contributed by atoms with van der Waals surface area (Å²) in [6, 6.07) is 8.57. The third-order valence-electron chi connectivity index (χ3n) is 11.5. The number of benzene rings is 1. The first kappa shape index (κ1) is 32.6. The molecule has 252 valence electrons. The minimum absolute atomic E-state index is 0.238. The molecule has 47 heavy (non-hydrogen) atoms. The van der Waals surface area contributed by atoms with Crippen LogP contribution in [0.2, 0.25) is 0 Å². The minimum Gasteiger partial charge on any atom is -0.455 e. The van der Waals surface area contributed by atoms with E-state index in [9.17, 15) is 24.9 Å². The molecule has 0 spiro atoms. The second-order valence-corrected chi connectivity index (χ2v) is 14.1. The van der Waals surface area contributed by atoms with E-state index in [1.165, 1.54) is 0 Å². The summed E-state index contributed by atoms with van der Waals surface area (Å²) in [4.78, 5) is 27.6. The first-order valence-corrected chi connectivity index (χ1v) is 16.7. The Bertz CT molecular complexity index is 1570. The van der Waals surface area contributed by atoms with Crippen LogP contribution < -0.4 is 0 Å². The molecule has 10 heteroatoms. The van der Waals surface area contributed by atoms with Crippen LogP contribution >= 0.6 is 0 Å². The van der Waals surface area contributed by atoms with Gasteiger partial charge in [0.05, 0.1) is 17.8 Å². The zero-order chi connectivity index (χ0) is 33.6. The van der Waals surface area contributed by atoms with Crippen LogP contribution in [0.4, 0.5) is 0 Å². The average Bonchev–Trinajstić information content (AvgIpc) is 3.69. The van der Waals surface area contributed by atoms with E-state index in [4.69, 9.17) is 23.7 Å². The number of epoxide rings is 1. The van der Waals surface area contributed by atoms with Gasteiger partial charge < -0.3 is 39.0 Å². The third-order valence-corrected chi connectivity index (χ3v) is 11.5. The topological polar surface area (TPSA) is 144 Å². The highest BCUT2D eigenvalue weighted by molar-refractivity contribution is 6.05. The van der Waals surface area contributed by atoms with Crippen molar-refractivity contribution in [1.82, 2.24) is 0 Å². The summed E-state index contributed by atoms with van der Waals surface area (Å²) in [5.74, 6) is -5.81. The van der Waals surface area contributed by atoms with Gasteiger partial charge in [-0.3, -0.25) is 4.79 Å². The van der Waals surface area contributed by atoms with E-state index >= 15 is 0 Å². The summed E-state index contributed by atoms with van der Waals surface area (Å²) < 4.78 is 33.2. The summed E-state index contributed by atoms with van der Waals surface area (Å²) in [6.07, 6.45) is 8.51. The van der Waals surface area contributed by atoms with Crippen molar-refractivity contribution in [1.29, 1.82) is 0 Å². The Labute approximate surface area is 274 Å². The van der Waals surface area contributed by atoms with E-state index in [2.05, 4.69) is 13.5 Å². The molecule has 3 N–H and O–H groups in total. The predicted octanol–water partition coefficient (Wildman–Crippen LogP) is 3.70. The molecule has 2 saturated carbocycles. The number of unbranched alkanes of at least 4 members (excludes halogenated alkanes) is 3. The molecule has 1 aromatic carbocycles. The Morgan fingerprint density at radius 2 is 1.85 bits per heavy atom. The largest absolute Gasteiger partial charge is 0.455 e. The molecule has 1 aromatic rings. The first-order valence-electron chi connectivity index (χ1n) is 16.7. The number of fused-ring (bicyclic) bond motifs is 3. The van der Waals surface area contributed by atoms with E-state index in [-0.39, 0.29) is 5.57 Å². The number of esters is 1. The Hall–Kier alpha value is -2.96. The number of aliphatic hydroxyl groups excluding tert-OH is 2. The fourth-order valence-corrected chi connectivity index (χ4v) is 9.24. The minimum atomic E-state index is -2.41. The van der Waals surface area contributed by atoms with Crippen molar-refractivity contribution in [3.05, 3.63) is 84.0 Å². The quantitative estimate of drug-likeness (QED) is 0.113. The van der Waals surface area contributed by atoms with Crippen LogP contribution in [-0.4, -0.2) is 86.5 Å². The van der Waals surface area contributed by atoms with Gasteiger partial charge in [0.25, 0.3) is 0 Å². The van der Waals surface area contributed by atoms with Crippen molar-refractivity contribution in [3.63, 3.8) is 0 Å². The highest BCUT2D eigenvalue weighted by Crippen LogP contribution is 2.73. The van der Waals surface area contributed by atoms with Crippen LogP contribution in [0, 0.1) is 17.8 Å². The van der Waals surface area contributed by atoms with Crippen molar-refractivity contribution in [2.45, 2.75) is 106 Å². The molecule has 10 nitrogen and oxygen atoms in total. The predicted molar refractivity (Wildman–Crippen MR) is 169 cm³/mol. The number of hydrogen-bond acceptors (Lipinski definition) is 10. The van der Waals surface area contributed by atoms with E-state index in [0.717, 1.165) is 25.7 Å². The average molecular weight is 649 g/mol. The molecule has 3 heterocycles. The molecule has 3 saturated heterocycles. The maximum Gasteiger partial charge on any atom is 0.338 e. The Morgan fingerprint density at radius 1 is 1.11 bits per heavy atom. The molecule has 0 amide bonds. The molecule has 7 rings (SSSR count). The standard InChI is InChI=1S/C37H44O10/c1-6-7-8-9-10-11-15-18-34-45-30-26-29-33(20-38,44-29)32(41)35(42)25(19-22(4)27(35)39)37(26,47-34)23(5)28(36(30,46-34)21(2)3)43-31(40)24-16-13-12-14-17-24/h10-19,23,25-26,28-30,32,38,41-42H,2,6-9,20H2,1,3-5H3/b11-10-,18-15+/t23-,25?,26+,28-,29+,30-,32-,33+,34-,35-,36+,37+/m1/s1. The highest BCUT2D eigenvalue weighted by Gasteiger charge is 2.90. The van der Waals surface area contributed by atoms with Crippen LogP contribution in [0.15, 0.2) is 78.4 Å². The lowest BCUT2D eigenvalue weighted by atomic mass is 9.53. The smallest absolute Gasteiger partial charge is 0.338 e. The van der Waals surface area contributed by atoms with Gasteiger partial charge in [-0.15, -0.1) is 0 Å². The maximum absolute atomic E-state index is 13.8. The normalized spacial score (nSPS) is 45.8. The van der Waals surface area contributed by atoms with Crippen LogP contribution in [0.25, 0.3) is 0 Å². The second kappa shape index (κ2) is 11.0. The molecule has 3 aliphatic carbocycles. The maximum atomic E-state index is 13.8. The number of carbonyl (C=O) groups is 2. The van der Waals surface area contributed by atoms with Gasteiger partial charge in [-0.2, -0.15) is 0 Å². The number of allylic oxidation sites excluding steroid dienone is 3. The summed E-state index contributed by atoms with van der Waals surface area (Å²) in [5, 5.41) is 34.9. The summed E-state index contributed by atoms with van der Waals surface area (Å²) in [5.41, 5.74) is -6.01. The lowest BCUT2D eigenvalue weighted by molar-refractivity contribution is -0.407. The van der Waals surface area contributed by atoms with Crippen molar-refractivity contribution in [2.24, 2.45) is 17.8 Å². The van der Waals surface area contributed by atoms with Crippen molar-refractivity contribution in [3.8, 4) is 0 Å². The summed E-state index contributed by atoms with van der Waals surface area (Å²) in [6.45, 7) is 11.0. The van der Waals surface area contributed by atoms with Crippen molar-refractivity contribution < 1.29 is 48.6 Å². The highest BCUT2D eigenvalue weighted by atomic mass is 16.9. The van der Waals surface area contributed by atoms with Gasteiger partial charge in [0, 0.05) is 23.8 Å². The SMILES string of the molecule is C=C(C)[C@@]12O[C@@]3(/C=C/C=C\CCCCC)O[C@@H]1[C@@H]1[C@@H]4O[C@]4(CO)[C@@H](O)[C@]4(O)C(=O)C(C)=CC4[C@@]1(O3)[C@H](C)[C@H]2OC(=O)c1ccccc1. The van der Waals surface area contributed by atoms with Crippen molar-refractivity contribution >= 4 is 11.8 Å². The zero-order valence-corrected chi connectivity index (χ0v) is 27.3. The number of hydrogen-bond donors (Lipinski definition) is 3. The molecule has 6 aliphatic rings. The Morgan fingerprint density at radius 3 is 2.53 bits per heavy atom. The number of ether oxygens (including phenoxy) is 5. The monoisotopic (exact) mass is 648 g/mol. The van der Waals surface area contributed by atoms with E-state index in [0.29, 0.717) is 11.1 Å². The molecule has 3 bridgehead atoms. The van der Waals surface area contributed by atoms with E-state index in [1.807, 2.05) is 19.1 Å². The molecular weight excluding hydrogens is 604 g/mol. The van der Waals surface area contributed by atoms with Crippen LogP contribution in [0.3, 0.4) is 0 Å². The van der Waals surface area contributed by atoms with Gasteiger partial charge in [-0.25, -0.2) is 4.79 Å². The fourth-order valence-electron chi connectivity index (χ4n) is 9.24. The van der Waals surface area contributed by atoms with Crippen LogP contribution in [0.1, 0.15) is 63.7 Å². The molecular formula is C37H44O10. The lowest BCUT2D eigenvalue weighted by Gasteiger charge is -2.61. The summed E-state index contributed by atoms with van der Waals surface area (Å²) >= 11 is 0. The number of Topliss-reactive ketones (excluding diaryl/α,β-unsaturated/α-hetero) is 1. The van der Waals surface area contributed by atoms with Crippen molar-refractivity contribution in [2.75, 3.05) is 6.61 Å². The zero-order valence-electron chi connectivity index (χ0n) is 27.3. The van der Waals surface area contributed by atoms with Gasteiger partial charge in [0.2, 0.25) is 0 Å². The Kier molecular flexibility index (Phi) is 7.65. The van der Waals surface area contributed by atoms with Gasteiger partial charge in [0.1, 0.15) is 30.0 Å². The second-order valence-electron chi connectivity index (χ2n) is 14.1. The van der Waals surface area contributed by atoms with Gasteiger partial charge in [0.15, 0.2) is 17.0 Å². The van der Waals surface area contributed by atoms with E-state index < -0.39 is 88.9 Å². The van der Waals surface area contributed by atoms with Gasteiger partial charge >= 0.3 is 11.9 Å². The molecule has 12 atom stereocenters. The van der Waals surface area contributed by atoms with Crippen LogP contribution in [0.5, 0.6) is 0 Å². The number of aliphatic hydroxyl groups is 3. The fraction of sp³-hybridized carbons (Fsp3) is 0.568. The Balaban J connectivity index is 1.41. The van der Waals surface area contributed by atoms with Crippen LogP contribution in [-0.2, 0) is 28.5 Å². The number of rotatable bonds is 10. The molecule has 3 aliphatic heterocycles. The third kappa shape index (κ3) is 4.16. The molecule has 0 aromatic heterocycles. The summed E-state index contributed by atoms with van der Waals surface area (Å²) in [7, 11) is 0. The number of ketones is 1. The van der Waals surface area contributed by atoms with E-state index in [1.54, 1.807) is 62.4 Å². The molecule has 0 radical (unpaired) electrons. The molecule has 5 fully saturated rings. The lowest BCUT2D eigenvalue weighted by Crippen LogP contribution is -2.76. The number of carbonyl (C=O) groups excluding carboxylic acids is 2. The molecule has 1 unspecified atom stereocenters.